The number of Topliss-reactive ketones (excluding diaryl/α,β-unsaturated/α-hetero) is 1. The molecule has 2 rings (SSSR count). The third-order valence-corrected chi connectivity index (χ3v) is 7.32. The van der Waals surface area contributed by atoms with Crippen LogP contribution in [-0.4, -0.2) is 38.8 Å². The van der Waals surface area contributed by atoms with Crippen molar-refractivity contribution >= 4 is 21.5 Å². The number of ketones is 1. The van der Waals surface area contributed by atoms with Gasteiger partial charge in [0.2, 0.25) is 0 Å². The number of ether oxygens (including phenoxy) is 1. The van der Waals surface area contributed by atoms with E-state index in [0.29, 0.717) is 11.3 Å². The Bertz CT molecular complexity index is 1190. The average Bonchev–Trinajstić information content (AvgIpc) is 2.77. The van der Waals surface area contributed by atoms with Crippen molar-refractivity contribution in [2.45, 2.75) is 66.7 Å². The lowest BCUT2D eigenvalue weighted by atomic mass is 9.70. The second kappa shape index (κ2) is 10.9. The second-order valence-corrected chi connectivity index (χ2v) is 12.5. The molecule has 35 heavy (non-hydrogen) atoms. The summed E-state index contributed by atoms with van der Waals surface area (Å²) in [6.07, 6.45) is 2.79. The van der Waals surface area contributed by atoms with Gasteiger partial charge in [-0.15, -0.1) is 0 Å². The first-order valence-corrected chi connectivity index (χ1v) is 14.0. The largest absolute Gasteiger partial charge is 0.486 e. The molecule has 0 unspecified atom stereocenters. The minimum absolute atomic E-state index is 0.0401. The number of carbonyl (C=O) groups is 2. The minimum Gasteiger partial charge on any atom is -0.486 e. The highest BCUT2D eigenvalue weighted by Crippen LogP contribution is 2.41. The molecule has 2 aromatic carbocycles. The van der Waals surface area contributed by atoms with E-state index >= 15 is 0 Å². The Morgan fingerprint density at radius 2 is 1.46 bits per heavy atom. The van der Waals surface area contributed by atoms with Gasteiger partial charge in [-0.2, -0.15) is 0 Å². The monoisotopic (exact) mass is 501 g/mol. The van der Waals surface area contributed by atoms with E-state index in [4.69, 9.17) is 4.74 Å². The molecule has 1 amide bonds. The number of benzene rings is 2. The molecule has 0 bridgehead atoms. The van der Waals surface area contributed by atoms with Crippen molar-refractivity contribution in [2.75, 3.05) is 18.7 Å². The molecule has 0 radical (unpaired) electrons. The van der Waals surface area contributed by atoms with Crippen molar-refractivity contribution in [3.05, 3.63) is 64.2 Å². The maximum absolute atomic E-state index is 12.5. The lowest BCUT2D eigenvalue weighted by Crippen LogP contribution is -2.30. The number of sulfone groups is 1. The highest BCUT2D eigenvalue weighted by atomic mass is 32.2. The van der Waals surface area contributed by atoms with Crippen LogP contribution in [0.1, 0.15) is 80.1 Å². The number of nitrogens with one attached hydrogen (secondary N) is 1. The van der Waals surface area contributed by atoms with E-state index in [1.54, 1.807) is 6.07 Å². The van der Waals surface area contributed by atoms with Crippen LogP contribution in [0.15, 0.2) is 36.4 Å². The van der Waals surface area contributed by atoms with E-state index in [0.717, 1.165) is 41.4 Å². The molecular weight excluding hydrogens is 462 g/mol. The highest BCUT2D eigenvalue weighted by molar-refractivity contribution is 7.90. The van der Waals surface area contributed by atoms with E-state index in [1.807, 2.05) is 52.8 Å². The number of aryl methyl sites for hydroxylation is 2. The Balaban J connectivity index is 2.36. The normalized spacial score (nSPS) is 12.3. The number of rotatable bonds is 10. The highest BCUT2D eigenvalue weighted by Gasteiger charge is 2.32. The molecule has 0 atom stereocenters. The minimum atomic E-state index is -3.30. The van der Waals surface area contributed by atoms with Crippen molar-refractivity contribution < 1.29 is 22.7 Å². The molecule has 192 valence electrons. The summed E-state index contributed by atoms with van der Waals surface area (Å²) in [7, 11) is -3.30. The summed E-state index contributed by atoms with van der Waals surface area (Å²) in [5.74, 6) is -0.0500. The molecule has 2 aromatic rings. The van der Waals surface area contributed by atoms with Gasteiger partial charge in [-0.05, 0) is 61.1 Å². The van der Waals surface area contributed by atoms with Crippen molar-refractivity contribution in [1.82, 2.24) is 5.32 Å². The zero-order valence-corrected chi connectivity index (χ0v) is 23.1. The summed E-state index contributed by atoms with van der Waals surface area (Å²) in [5, 5.41) is 2.48. The number of carbonyl (C=O) groups excluding carboxylic acids is 2. The van der Waals surface area contributed by atoms with E-state index in [-0.39, 0.29) is 17.8 Å². The predicted octanol–water partition coefficient (Wildman–Crippen LogP) is 5.14. The van der Waals surface area contributed by atoms with Gasteiger partial charge < -0.3 is 10.1 Å². The zero-order valence-electron chi connectivity index (χ0n) is 22.2. The van der Waals surface area contributed by atoms with Gasteiger partial charge in [-0.3, -0.25) is 9.59 Å². The fraction of sp³-hybridized carbons (Fsp3) is 0.500. The molecule has 0 aromatic heterocycles. The van der Waals surface area contributed by atoms with E-state index in [1.165, 1.54) is 0 Å². The molecule has 7 heteroatoms. The molecule has 0 saturated carbocycles. The van der Waals surface area contributed by atoms with Crippen LogP contribution in [-0.2, 0) is 20.0 Å². The first kappa shape index (κ1) is 28.6. The van der Waals surface area contributed by atoms with Gasteiger partial charge in [0.15, 0.2) is 15.6 Å². The van der Waals surface area contributed by atoms with Gasteiger partial charge in [0.1, 0.15) is 18.2 Å². The molecule has 6 nitrogen and oxygen atoms in total. The smallest absolute Gasteiger partial charge is 0.252 e. The Hall–Kier alpha value is -2.67. The molecular formula is C28H39NO5S. The van der Waals surface area contributed by atoms with Crippen LogP contribution in [0.25, 0.3) is 0 Å². The van der Waals surface area contributed by atoms with Crippen molar-refractivity contribution in [1.29, 1.82) is 0 Å². The van der Waals surface area contributed by atoms with Crippen molar-refractivity contribution in [2.24, 2.45) is 5.41 Å². The third-order valence-electron chi connectivity index (χ3n) is 6.65. The van der Waals surface area contributed by atoms with Crippen molar-refractivity contribution in [3.8, 4) is 5.75 Å². The lowest BCUT2D eigenvalue weighted by molar-refractivity contribution is -0.128. The predicted molar refractivity (Wildman–Crippen MR) is 141 cm³/mol. The van der Waals surface area contributed by atoms with Crippen molar-refractivity contribution in [3.63, 3.8) is 0 Å². The summed E-state index contributed by atoms with van der Waals surface area (Å²) >= 11 is 0. The SMILES string of the molecule is CCC(CC)(c1ccc(OCC(=O)C(C)(C)C)c(C)c1)c1ccc(C(=O)NCS(C)(=O)=O)c(C)c1. The van der Waals surface area contributed by atoms with Gasteiger partial charge in [0.25, 0.3) is 5.91 Å². The summed E-state index contributed by atoms with van der Waals surface area (Å²) in [4.78, 5) is 24.8. The molecule has 0 saturated heterocycles. The van der Waals surface area contributed by atoms with Gasteiger partial charge in [-0.25, -0.2) is 8.42 Å². The van der Waals surface area contributed by atoms with Gasteiger partial charge >= 0.3 is 0 Å². The summed E-state index contributed by atoms with van der Waals surface area (Å²) in [6.45, 7) is 13.8. The van der Waals surface area contributed by atoms with Crippen LogP contribution in [0.2, 0.25) is 0 Å². The Morgan fingerprint density at radius 1 is 0.914 bits per heavy atom. The Morgan fingerprint density at radius 3 is 1.91 bits per heavy atom. The van der Waals surface area contributed by atoms with Crippen LogP contribution >= 0.6 is 0 Å². The Labute approximate surface area is 210 Å². The average molecular weight is 502 g/mol. The van der Waals surface area contributed by atoms with Crippen LogP contribution in [0, 0.1) is 19.3 Å². The standard InChI is InChI=1S/C28H39NO5S/c1-9-28(10-2,21-11-13-23(19(3)15-21)26(31)29-18-35(8,32)33)22-12-14-24(20(4)16-22)34-17-25(30)27(5,6)7/h11-16H,9-10,17-18H2,1-8H3,(H,29,31). The second-order valence-electron chi connectivity index (χ2n) is 10.3. The van der Waals surface area contributed by atoms with Crippen LogP contribution in [0.5, 0.6) is 5.75 Å². The maximum atomic E-state index is 12.5. The molecule has 0 aliphatic rings. The number of amides is 1. The molecule has 0 aliphatic heterocycles. The summed E-state index contributed by atoms with van der Waals surface area (Å²) < 4.78 is 28.6. The number of hydrogen-bond acceptors (Lipinski definition) is 5. The van der Waals surface area contributed by atoms with Crippen LogP contribution < -0.4 is 10.1 Å². The quantitative estimate of drug-likeness (QED) is 0.487. The first-order chi connectivity index (χ1) is 16.1. The van der Waals surface area contributed by atoms with Crippen LogP contribution in [0.4, 0.5) is 0 Å². The van der Waals surface area contributed by atoms with E-state index in [9.17, 15) is 18.0 Å². The summed E-state index contributed by atoms with van der Waals surface area (Å²) in [5.41, 5.74) is 3.73. The van der Waals surface area contributed by atoms with E-state index < -0.39 is 27.0 Å². The maximum Gasteiger partial charge on any atom is 0.252 e. The topological polar surface area (TPSA) is 89.5 Å². The fourth-order valence-corrected chi connectivity index (χ4v) is 4.60. The molecule has 0 heterocycles. The first-order valence-electron chi connectivity index (χ1n) is 12.0. The van der Waals surface area contributed by atoms with Gasteiger partial charge in [0, 0.05) is 22.6 Å². The van der Waals surface area contributed by atoms with Gasteiger partial charge in [-0.1, -0.05) is 58.9 Å². The molecule has 0 fully saturated rings. The fourth-order valence-electron chi connectivity index (χ4n) is 4.21. The zero-order chi connectivity index (χ0) is 26.6. The third kappa shape index (κ3) is 6.94. The van der Waals surface area contributed by atoms with Gasteiger partial charge in [0.05, 0.1) is 0 Å². The lowest BCUT2D eigenvalue weighted by Gasteiger charge is -2.34. The Kier molecular flexibility index (Phi) is 8.93. The molecule has 0 aliphatic carbocycles. The molecule has 1 N–H and O–H groups in total. The van der Waals surface area contributed by atoms with Crippen LogP contribution in [0.3, 0.4) is 0 Å². The molecule has 0 spiro atoms. The van der Waals surface area contributed by atoms with E-state index in [2.05, 4.69) is 31.3 Å². The summed E-state index contributed by atoms with van der Waals surface area (Å²) in [6, 6.07) is 11.8. The number of hydrogen-bond donors (Lipinski definition) is 1.